The molecule has 88 valence electrons. The molecule has 2 unspecified atom stereocenters. The first-order chi connectivity index (χ1) is 7.62. The molecule has 0 radical (unpaired) electrons. The standard InChI is InChI=1S/C15H22O/c1-4-9-15(11(2)3)10-12-7-5-6-8-13(12)14(15)16/h5-8,11,14,16H,4,9-10H2,1-3H3. The van der Waals surface area contributed by atoms with E-state index < -0.39 is 0 Å². The summed E-state index contributed by atoms with van der Waals surface area (Å²) in [4.78, 5) is 0. The van der Waals surface area contributed by atoms with E-state index >= 15 is 0 Å². The van der Waals surface area contributed by atoms with E-state index in [1.54, 1.807) is 0 Å². The third kappa shape index (κ3) is 1.58. The van der Waals surface area contributed by atoms with Gasteiger partial charge in [0.05, 0.1) is 6.10 Å². The Morgan fingerprint density at radius 2 is 2.06 bits per heavy atom. The van der Waals surface area contributed by atoms with E-state index in [0.29, 0.717) is 5.92 Å². The number of benzene rings is 1. The Morgan fingerprint density at radius 3 is 2.62 bits per heavy atom. The fourth-order valence-corrected chi connectivity index (χ4v) is 3.22. The van der Waals surface area contributed by atoms with Crippen molar-refractivity contribution in [1.29, 1.82) is 0 Å². The zero-order chi connectivity index (χ0) is 11.8. The van der Waals surface area contributed by atoms with Gasteiger partial charge in [-0.3, -0.25) is 0 Å². The van der Waals surface area contributed by atoms with Crippen molar-refractivity contribution in [3.05, 3.63) is 35.4 Å². The Balaban J connectivity index is 2.40. The first-order valence-electron chi connectivity index (χ1n) is 6.37. The second kappa shape index (κ2) is 4.21. The first kappa shape index (κ1) is 11.7. The second-order valence-electron chi connectivity index (χ2n) is 5.42. The van der Waals surface area contributed by atoms with Crippen LogP contribution in [0, 0.1) is 11.3 Å². The molecule has 1 heteroatoms. The van der Waals surface area contributed by atoms with Crippen LogP contribution in [0.3, 0.4) is 0 Å². The van der Waals surface area contributed by atoms with Gasteiger partial charge < -0.3 is 5.11 Å². The minimum absolute atomic E-state index is 0.0679. The molecule has 1 nitrogen and oxygen atoms in total. The molecule has 16 heavy (non-hydrogen) atoms. The molecule has 0 bridgehead atoms. The van der Waals surface area contributed by atoms with E-state index in [1.165, 1.54) is 5.56 Å². The maximum Gasteiger partial charge on any atom is 0.0854 e. The number of aliphatic hydroxyl groups excluding tert-OH is 1. The summed E-state index contributed by atoms with van der Waals surface area (Å²) in [5.74, 6) is 0.523. The minimum atomic E-state index is -0.274. The molecule has 1 N–H and O–H groups in total. The van der Waals surface area contributed by atoms with Crippen molar-refractivity contribution < 1.29 is 5.11 Å². The zero-order valence-corrected chi connectivity index (χ0v) is 10.5. The van der Waals surface area contributed by atoms with Gasteiger partial charge in [-0.05, 0) is 29.9 Å². The van der Waals surface area contributed by atoms with E-state index in [9.17, 15) is 5.11 Å². The van der Waals surface area contributed by atoms with Gasteiger partial charge in [0.25, 0.3) is 0 Å². The summed E-state index contributed by atoms with van der Waals surface area (Å²) in [6.07, 6.45) is 3.02. The van der Waals surface area contributed by atoms with Crippen LogP contribution in [0.1, 0.15) is 50.8 Å². The van der Waals surface area contributed by atoms with Crippen molar-refractivity contribution in [1.82, 2.24) is 0 Å². The maximum atomic E-state index is 10.6. The maximum absolute atomic E-state index is 10.6. The molecule has 0 aliphatic heterocycles. The molecule has 2 rings (SSSR count). The summed E-state index contributed by atoms with van der Waals surface area (Å²) in [5.41, 5.74) is 2.57. The van der Waals surface area contributed by atoms with Crippen LogP contribution in [-0.2, 0) is 6.42 Å². The first-order valence-corrected chi connectivity index (χ1v) is 6.37. The number of fused-ring (bicyclic) bond motifs is 1. The average Bonchev–Trinajstić information content (AvgIpc) is 2.55. The molecule has 1 aliphatic rings. The fourth-order valence-electron chi connectivity index (χ4n) is 3.22. The zero-order valence-electron chi connectivity index (χ0n) is 10.5. The molecule has 0 fully saturated rings. The van der Waals surface area contributed by atoms with E-state index in [-0.39, 0.29) is 11.5 Å². The van der Waals surface area contributed by atoms with Gasteiger partial charge in [0.2, 0.25) is 0 Å². The van der Waals surface area contributed by atoms with E-state index in [4.69, 9.17) is 0 Å². The number of hydrogen-bond acceptors (Lipinski definition) is 1. The van der Waals surface area contributed by atoms with Crippen molar-refractivity contribution in [2.75, 3.05) is 0 Å². The Bertz CT molecular complexity index is 369. The molecule has 0 amide bonds. The third-order valence-corrected chi connectivity index (χ3v) is 4.28. The van der Waals surface area contributed by atoms with E-state index in [2.05, 4.69) is 39.0 Å². The minimum Gasteiger partial charge on any atom is -0.388 e. The highest BCUT2D eigenvalue weighted by molar-refractivity contribution is 5.37. The smallest absolute Gasteiger partial charge is 0.0854 e. The number of aliphatic hydroxyl groups is 1. The van der Waals surface area contributed by atoms with Gasteiger partial charge in [0, 0.05) is 5.41 Å². The Morgan fingerprint density at radius 1 is 1.38 bits per heavy atom. The van der Waals surface area contributed by atoms with E-state index in [0.717, 1.165) is 24.8 Å². The Labute approximate surface area is 98.5 Å². The predicted molar refractivity (Wildman–Crippen MR) is 67.3 cm³/mol. The molecule has 1 aromatic rings. The summed E-state index contributed by atoms with van der Waals surface area (Å²) in [7, 11) is 0. The predicted octanol–water partition coefficient (Wildman–Crippen LogP) is 3.72. The normalized spacial score (nSPS) is 28.4. The summed E-state index contributed by atoms with van der Waals surface area (Å²) < 4.78 is 0. The Hall–Kier alpha value is -0.820. The number of rotatable bonds is 3. The molecule has 1 aliphatic carbocycles. The molecule has 0 spiro atoms. The van der Waals surface area contributed by atoms with Crippen molar-refractivity contribution in [3.8, 4) is 0 Å². The topological polar surface area (TPSA) is 20.2 Å². The Kier molecular flexibility index (Phi) is 3.07. The molecule has 0 saturated carbocycles. The van der Waals surface area contributed by atoms with Crippen molar-refractivity contribution >= 4 is 0 Å². The van der Waals surface area contributed by atoms with Gasteiger partial charge in [-0.15, -0.1) is 0 Å². The highest BCUT2D eigenvalue weighted by atomic mass is 16.3. The highest BCUT2D eigenvalue weighted by Crippen LogP contribution is 2.52. The fraction of sp³-hybridized carbons (Fsp3) is 0.600. The van der Waals surface area contributed by atoms with Gasteiger partial charge in [-0.2, -0.15) is 0 Å². The molecular formula is C15H22O. The van der Waals surface area contributed by atoms with Crippen LogP contribution in [0.15, 0.2) is 24.3 Å². The van der Waals surface area contributed by atoms with Crippen LogP contribution in [0.2, 0.25) is 0 Å². The molecule has 0 heterocycles. The van der Waals surface area contributed by atoms with Crippen LogP contribution in [0.5, 0.6) is 0 Å². The summed E-state index contributed by atoms with van der Waals surface area (Å²) >= 11 is 0. The van der Waals surface area contributed by atoms with Gasteiger partial charge in [0.15, 0.2) is 0 Å². The quantitative estimate of drug-likeness (QED) is 0.819. The van der Waals surface area contributed by atoms with Crippen LogP contribution in [0.4, 0.5) is 0 Å². The average molecular weight is 218 g/mol. The van der Waals surface area contributed by atoms with Gasteiger partial charge >= 0.3 is 0 Å². The van der Waals surface area contributed by atoms with Crippen molar-refractivity contribution in [2.45, 2.75) is 46.1 Å². The SMILES string of the molecule is CCCC1(C(C)C)Cc2ccccc2C1O. The van der Waals surface area contributed by atoms with Crippen LogP contribution < -0.4 is 0 Å². The summed E-state index contributed by atoms with van der Waals surface area (Å²) in [5, 5.41) is 10.6. The monoisotopic (exact) mass is 218 g/mol. The van der Waals surface area contributed by atoms with Crippen molar-refractivity contribution in [2.24, 2.45) is 11.3 Å². The van der Waals surface area contributed by atoms with Crippen molar-refractivity contribution in [3.63, 3.8) is 0 Å². The van der Waals surface area contributed by atoms with Crippen LogP contribution in [-0.4, -0.2) is 5.11 Å². The van der Waals surface area contributed by atoms with Gasteiger partial charge in [0.1, 0.15) is 0 Å². The van der Waals surface area contributed by atoms with E-state index in [1.807, 2.05) is 6.07 Å². The molecule has 0 aromatic heterocycles. The number of hydrogen-bond donors (Lipinski definition) is 1. The van der Waals surface area contributed by atoms with Crippen LogP contribution in [0.25, 0.3) is 0 Å². The lowest BCUT2D eigenvalue weighted by molar-refractivity contribution is -0.00473. The lowest BCUT2D eigenvalue weighted by Crippen LogP contribution is -2.31. The molecule has 2 atom stereocenters. The summed E-state index contributed by atoms with van der Waals surface area (Å²) in [6, 6.07) is 8.36. The molecule has 0 saturated heterocycles. The van der Waals surface area contributed by atoms with Gasteiger partial charge in [-0.1, -0.05) is 51.5 Å². The molecule has 1 aromatic carbocycles. The highest BCUT2D eigenvalue weighted by Gasteiger charge is 2.46. The lowest BCUT2D eigenvalue weighted by Gasteiger charge is -2.37. The summed E-state index contributed by atoms with van der Waals surface area (Å²) in [6.45, 7) is 6.69. The lowest BCUT2D eigenvalue weighted by atomic mass is 9.70. The largest absolute Gasteiger partial charge is 0.388 e. The second-order valence-corrected chi connectivity index (χ2v) is 5.42. The molecular weight excluding hydrogens is 196 g/mol. The third-order valence-electron chi connectivity index (χ3n) is 4.28. The van der Waals surface area contributed by atoms with Crippen LogP contribution >= 0.6 is 0 Å². The van der Waals surface area contributed by atoms with Gasteiger partial charge in [-0.25, -0.2) is 0 Å².